The molecule has 0 saturated carbocycles. The van der Waals surface area contributed by atoms with Crippen LogP contribution in [0.3, 0.4) is 0 Å². The first kappa shape index (κ1) is 13.4. The monoisotopic (exact) mass is 253 g/mol. The third kappa shape index (κ3) is 2.39. The predicted molar refractivity (Wildman–Crippen MR) is 67.7 cm³/mol. The van der Waals surface area contributed by atoms with Crippen molar-refractivity contribution in [2.45, 2.75) is 18.9 Å². The van der Waals surface area contributed by atoms with E-state index in [2.05, 4.69) is 15.2 Å². The van der Waals surface area contributed by atoms with Gasteiger partial charge in [-0.05, 0) is 18.6 Å². The van der Waals surface area contributed by atoms with Crippen LogP contribution in [0.5, 0.6) is 0 Å². The van der Waals surface area contributed by atoms with Crippen LogP contribution in [0.2, 0.25) is 0 Å². The second-order valence-electron chi connectivity index (χ2n) is 4.64. The lowest BCUT2D eigenvalue weighted by Gasteiger charge is -2.44. The number of aromatic nitrogens is 1. The molecular formula is C13H20FN3O. The Morgan fingerprint density at radius 3 is 2.67 bits per heavy atom. The molecule has 0 spiro atoms. The second-order valence-corrected chi connectivity index (χ2v) is 4.64. The van der Waals surface area contributed by atoms with E-state index in [4.69, 9.17) is 0 Å². The number of pyridine rings is 1. The zero-order chi connectivity index (χ0) is 13.0. The Labute approximate surface area is 107 Å². The van der Waals surface area contributed by atoms with Crippen LogP contribution in [0.25, 0.3) is 0 Å². The Morgan fingerprint density at radius 1 is 1.44 bits per heavy atom. The molecule has 1 aliphatic heterocycles. The van der Waals surface area contributed by atoms with Gasteiger partial charge in [0.1, 0.15) is 5.82 Å². The van der Waals surface area contributed by atoms with E-state index in [1.807, 2.05) is 6.92 Å². The van der Waals surface area contributed by atoms with Crippen LogP contribution in [0, 0.1) is 5.82 Å². The summed E-state index contributed by atoms with van der Waals surface area (Å²) in [4.78, 5) is 6.41. The number of piperazine rings is 1. The molecule has 5 heteroatoms. The maximum atomic E-state index is 13.0. The zero-order valence-electron chi connectivity index (χ0n) is 10.7. The lowest BCUT2D eigenvalue weighted by molar-refractivity contribution is 0.0106. The Kier molecular flexibility index (Phi) is 4.27. The third-order valence-electron chi connectivity index (χ3n) is 3.77. The van der Waals surface area contributed by atoms with Crippen molar-refractivity contribution in [3.05, 3.63) is 29.8 Å². The molecule has 0 aromatic carbocycles. The summed E-state index contributed by atoms with van der Waals surface area (Å²) >= 11 is 0. The summed E-state index contributed by atoms with van der Waals surface area (Å²) < 4.78 is 13.0. The van der Waals surface area contributed by atoms with E-state index in [9.17, 15) is 9.50 Å². The van der Waals surface area contributed by atoms with Gasteiger partial charge in [-0.2, -0.15) is 0 Å². The van der Waals surface area contributed by atoms with Gasteiger partial charge >= 0.3 is 0 Å². The minimum absolute atomic E-state index is 0.00212. The zero-order valence-corrected chi connectivity index (χ0v) is 10.7. The van der Waals surface area contributed by atoms with Crippen molar-refractivity contribution >= 4 is 0 Å². The van der Waals surface area contributed by atoms with Crippen molar-refractivity contribution in [3.63, 3.8) is 0 Å². The summed E-state index contributed by atoms with van der Waals surface area (Å²) in [7, 11) is 0. The summed E-state index contributed by atoms with van der Waals surface area (Å²) in [5.41, 5.74) is 0.256. The maximum absolute atomic E-state index is 13.0. The fraction of sp³-hybridized carbons (Fsp3) is 0.615. The summed E-state index contributed by atoms with van der Waals surface area (Å²) in [6.45, 7) is 5.58. The van der Waals surface area contributed by atoms with Crippen LogP contribution in [-0.4, -0.2) is 47.8 Å². The van der Waals surface area contributed by atoms with Crippen molar-refractivity contribution in [1.29, 1.82) is 0 Å². The second kappa shape index (κ2) is 5.73. The molecule has 18 heavy (non-hydrogen) atoms. The number of halogens is 1. The molecule has 2 heterocycles. The molecule has 1 saturated heterocycles. The molecule has 0 radical (unpaired) electrons. The summed E-state index contributed by atoms with van der Waals surface area (Å²) in [6, 6.07) is 3.09. The van der Waals surface area contributed by atoms with Crippen molar-refractivity contribution in [2.75, 3.05) is 32.8 Å². The van der Waals surface area contributed by atoms with Gasteiger partial charge in [0.2, 0.25) is 0 Å². The average Bonchev–Trinajstić information content (AvgIpc) is 2.44. The van der Waals surface area contributed by atoms with Gasteiger partial charge < -0.3 is 10.4 Å². The van der Waals surface area contributed by atoms with Crippen molar-refractivity contribution in [3.8, 4) is 0 Å². The summed E-state index contributed by atoms with van der Waals surface area (Å²) in [6.07, 6.45) is 1.97. The number of hydrogen-bond acceptors (Lipinski definition) is 4. The highest BCUT2D eigenvalue weighted by atomic mass is 19.1. The Hall–Kier alpha value is -1.04. The number of nitrogens with zero attached hydrogens (tertiary/aromatic N) is 2. The first-order chi connectivity index (χ1) is 8.73. The van der Waals surface area contributed by atoms with Gasteiger partial charge in [0.25, 0.3) is 0 Å². The molecule has 2 N–H and O–H groups in total. The smallest absolute Gasteiger partial charge is 0.141 e. The lowest BCUT2D eigenvalue weighted by Crippen LogP contribution is -2.56. The Bertz CT molecular complexity index is 372. The van der Waals surface area contributed by atoms with Gasteiger partial charge in [0.05, 0.1) is 24.0 Å². The minimum Gasteiger partial charge on any atom is -0.394 e. The van der Waals surface area contributed by atoms with E-state index >= 15 is 0 Å². The van der Waals surface area contributed by atoms with E-state index in [0.717, 1.165) is 38.3 Å². The van der Waals surface area contributed by atoms with Crippen molar-refractivity contribution in [2.24, 2.45) is 0 Å². The molecule has 0 aliphatic carbocycles. The molecular weight excluding hydrogens is 233 g/mol. The molecule has 1 aromatic heterocycles. The Morgan fingerprint density at radius 2 is 2.17 bits per heavy atom. The van der Waals surface area contributed by atoms with Gasteiger partial charge in [0.15, 0.2) is 0 Å². The molecule has 1 atom stereocenters. The van der Waals surface area contributed by atoms with Crippen LogP contribution < -0.4 is 5.32 Å². The van der Waals surface area contributed by atoms with Crippen LogP contribution in [-0.2, 0) is 5.54 Å². The number of nitrogens with one attached hydrogen (secondary N) is 1. The van der Waals surface area contributed by atoms with E-state index in [1.165, 1.54) is 12.3 Å². The first-order valence-electron chi connectivity index (χ1n) is 6.41. The number of rotatable bonds is 4. The highest BCUT2D eigenvalue weighted by Gasteiger charge is 2.38. The van der Waals surface area contributed by atoms with Crippen LogP contribution in [0.1, 0.15) is 19.0 Å². The highest BCUT2D eigenvalue weighted by molar-refractivity contribution is 5.17. The van der Waals surface area contributed by atoms with Gasteiger partial charge in [0, 0.05) is 26.2 Å². The molecule has 1 fully saturated rings. The molecule has 1 aliphatic rings. The Balaban J connectivity index is 2.32. The quantitative estimate of drug-likeness (QED) is 0.830. The molecule has 2 rings (SSSR count). The molecule has 4 nitrogen and oxygen atoms in total. The fourth-order valence-corrected chi connectivity index (χ4v) is 2.60. The lowest BCUT2D eigenvalue weighted by atomic mass is 9.89. The van der Waals surface area contributed by atoms with Crippen LogP contribution in [0.4, 0.5) is 4.39 Å². The number of hydrogen-bond donors (Lipinski definition) is 2. The maximum Gasteiger partial charge on any atom is 0.141 e. The van der Waals surface area contributed by atoms with Gasteiger partial charge in [-0.15, -0.1) is 0 Å². The topological polar surface area (TPSA) is 48.4 Å². The average molecular weight is 253 g/mol. The van der Waals surface area contributed by atoms with E-state index < -0.39 is 5.54 Å². The van der Waals surface area contributed by atoms with Crippen molar-refractivity contribution < 1.29 is 9.50 Å². The highest BCUT2D eigenvalue weighted by Crippen LogP contribution is 2.30. The molecule has 0 bridgehead atoms. The van der Waals surface area contributed by atoms with Crippen molar-refractivity contribution in [1.82, 2.24) is 15.2 Å². The number of aliphatic hydroxyl groups excluding tert-OH is 1. The van der Waals surface area contributed by atoms with Crippen LogP contribution >= 0.6 is 0 Å². The standard InChI is InChI=1S/C13H20FN3O/c1-2-13(10-18,17-7-5-15-6-8-17)12-4-3-11(14)9-16-12/h3-4,9,15,18H,2,5-8,10H2,1H3. The number of aliphatic hydroxyl groups is 1. The van der Waals surface area contributed by atoms with Crippen LogP contribution in [0.15, 0.2) is 18.3 Å². The molecule has 1 aromatic rings. The molecule has 0 amide bonds. The predicted octanol–water partition coefficient (Wildman–Crippen LogP) is 0.723. The van der Waals surface area contributed by atoms with Gasteiger partial charge in [-0.1, -0.05) is 6.92 Å². The summed E-state index contributed by atoms with van der Waals surface area (Å²) in [5.74, 6) is -0.345. The largest absolute Gasteiger partial charge is 0.394 e. The van der Waals surface area contributed by atoms with Gasteiger partial charge in [-0.3, -0.25) is 9.88 Å². The minimum atomic E-state index is -0.490. The molecule has 1 unspecified atom stereocenters. The third-order valence-corrected chi connectivity index (χ3v) is 3.77. The van der Waals surface area contributed by atoms with E-state index in [-0.39, 0.29) is 12.4 Å². The van der Waals surface area contributed by atoms with E-state index in [1.54, 1.807) is 6.07 Å². The normalized spacial score (nSPS) is 20.6. The molecule has 100 valence electrons. The SMILES string of the molecule is CCC(CO)(c1ccc(F)cn1)N1CCNCC1. The van der Waals surface area contributed by atoms with E-state index in [0.29, 0.717) is 0 Å². The summed E-state index contributed by atoms with van der Waals surface area (Å²) in [5, 5.41) is 13.1. The first-order valence-corrected chi connectivity index (χ1v) is 6.41. The fourth-order valence-electron chi connectivity index (χ4n) is 2.60. The van der Waals surface area contributed by atoms with Gasteiger partial charge in [-0.25, -0.2) is 4.39 Å².